The summed E-state index contributed by atoms with van der Waals surface area (Å²) in [5.74, 6) is 0.825. The van der Waals surface area contributed by atoms with Crippen LogP contribution >= 0.6 is 0 Å². The Hall–Kier alpha value is -0.980. The second kappa shape index (κ2) is 3.41. The highest BCUT2D eigenvalue weighted by Crippen LogP contribution is 2.27. The average molecular weight is 175 g/mol. The fourth-order valence-electron chi connectivity index (χ4n) is 2.07. The number of rotatable bonds is 0. The maximum absolute atomic E-state index is 2.37. The molecule has 0 fully saturated rings. The number of fused-ring (bicyclic) bond motifs is 1. The quantitative estimate of drug-likeness (QED) is 0.586. The van der Waals surface area contributed by atoms with Gasteiger partial charge in [0.2, 0.25) is 0 Å². The molecule has 0 amide bonds. The SMILES string of the molecule is CC1CCN(C)c2ccccc2C1. The van der Waals surface area contributed by atoms with E-state index in [1.54, 1.807) is 0 Å². The van der Waals surface area contributed by atoms with Crippen molar-refractivity contribution in [2.75, 3.05) is 18.5 Å². The van der Waals surface area contributed by atoms with Crippen LogP contribution in [0.3, 0.4) is 0 Å². The fourth-order valence-corrected chi connectivity index (χ4v) is 2.07. The van der Waals surface area contributed by atoms with Gasteiger partial charge in [0.05, 0.1) is 0 Å². The molecule has 13 heavy (non-hydrogen) atoms. The Kier molecular flexibility index (Phi) is 2.26. The van der Waals surface area contributed by atoms with Crippen LogP contribution in [0.5, 0.6) is 0 Å². The van der Waals surface area contributed by atoms with E-state index in [0.29, 0.717) is 0 Å². The number of benzene rings is 1. The summed E-state index contributed by atoms with van der Waals surface area (Å²) in [6, 6.07) is 8.76. The molecular weight excluding hydrogens is 158 g/mol. The zero-order valence-corrected chi connectivity index (χ0v) is 8.46. The van der Waals surface area contributed by atoms with Gasteiger partial charge in [0, 0.05) is 19.3 Å². The minimum atomic E-state index is 0.825. The molecule has 70 valence electrons. The van der Waals surface area contributed by atoms with E-state index >= 15 is 0 Å². The molecule has 2 rings (SSSR count). The molecule has 1 heterocycles. The molecule has 1 aliphatic rings. The van der Waals surface area contributed by atoms with E-state index in [2.05, 4.69) is 43.1 Å². The van der Waals surface area contributed by atoms with Crippen molar-refractivity contribution in [2.45, 2.75) is 19.8 Å². The standard InChI is InChI=1S/C12H17N/c1-10-7-8-13(2)12-6-4-3-5-11(12)9-10/h3-6,10H,7-9H2,1-2H3. The van der Waals surface area contributed by atoms with E-state index in [9.17, 15) is 0 Å². The maximum atomic E-state index is 2.37. The van der Waals surface area contributed by atoms with E-state index in [1.807, 2.05) is 0 Å². The zero-order valence-electron chi connectivity index (χ0n) is 8.46. The van der Waals surface area contributed by atoms with E-state index < -0.39 is 0 Å². The van der Waals surface area contributed by atoms with Crippen molar-refractivity contribution in [3.63, 3.8) is 0 Å². The van der Waals surface area contributed by atoms with Crippen LogP contribution < -0.4 is 4.90 Å². The van der Waals surface area contributed by atoms with E-state index in [1.165, 1.54) is 30.6 Å². The van der Waals surface area contributed by atoms with Crippen molar-refractivity contribution >= 4 is 5.69 Å². The van der Waals surface area contributed by atoms with Gasteiger partial charge < -0.3 is 4.90 Å². The molecule has 1 aromatic carbocycles. The molecule has 1 heteroatoms. The molecule has 1 unspecified atom stereocenters. The molecule has 0 aliphatic carbocycles. The van der Waals surface area contributed by atoms with E-state index in [-0.39, 0.29) is 0 Å². The first-order chi connectivity index (χ1) is 6.27. The maximum Gasteiger partial charge on any atom is 0.0396 e. The zero-order chi connectivity index (χ0) is 9.26. The molecule has 0 aromatic heterocycles. The van der Waals surface area contributed by atoms with Crippen LogP contribution in [-0.2, 0) is 6.42 Å². The first-order valence-corrected chi connectivity index (χ1v) is 5.06. The third kappa shape index (κ3) is 1.69. The average Bonchev–Trinajstić information content (AvgIpc) is 2.27. The van der Waals surface area contributed by atoms with Crippen LogP contribution in [0.15, 0.2) is 24.3 Å². The lowest BCUT2D eigenvalue weighted by molar-refractivity contribution is 0.547. The van der Waals surface area contributed by atoms with Gasteiger partial charge in [-0.05, 0) is 30.4 Å². The monoisotopic (exact) mass is 175 g/mol. The molecule has 0 spiro atoms. The molecule has 1 nitrogen and oxygen atoms in total. The Bertz CT molecular complexity index is 293. The van der Waals surface area contributed by atoms with Crippen LogP contribution in [0, 0.1) is 5.92 Å². The minimum Gasteiger partial charge on any atom is -0.374 e. The van der Waals surface area contributed by atoms with E-state index in [0.717, 1.165) is 5.92 Å². The van der Waals surface area contributed by atoms with Crippen molar-refractivity contribution < 1.29 is 0 Å². The molecule has 0 saturated carbocycles. The summed E-state index contributed by atoms with van der Waals surface area (Å²) in [5, 5.41) is 0. The molecular formula is C12H17N. The Morgan fingerprint density at radius 3 is 2.92 bits per heavy atom. The molecule has 0 N–H and O–H groups in total. The molecule has 0 saturated heterocycles. The third-order valence-corrected chi connectivity index (χ3v) is 2.93. The number of anilines is 1. The van der Waals surface area contributed by atoms with Gasteiger partial charge in [0.15, 0.2) is 0 Å². The normalized spacial score (nSPS) is 22.3. The van der Waals surface area contributed by atoms with Crippen molar-refractivity contribution in [1.82, 2.24) is 0 Å². The number of nitrogens with zero attached hydrogens (tertiary/aromatic N) is 1. The lowest BCUT2D eigenvalue weighted by atomic mass is 9.99. The Labute approximate surface area is 80.4 Å². The van der Waals surface area contributed by atoms with Gasteiger partial charge in [-0.25, -0.2) is 0 Å². The van der Waals surface area contributed by atoms with Crippen LogP contribution in [-0.4, -0.2) is 13.6 Å². The molecule has 1 aliphatic heterocycles. The number of para-hydroxylation sites is 1. The van der Waals surface area contributed by atoms with Crippen molar-refractivity contribution in [2.24, 2.45) is 5.92 Å². The summed E-state index contributed by atoms with van der Waals surface area (Å²) < 4.78 is 0. The number of hydrogen-bond donors (Lipinski definition) is 0. The van der Waals surface area contributed by atoms with Crippen LogP contribution in [0.4, 0.5) is 5.69 Å². The highest BCUT2D eigenvalue weighted by Gasteiger charge is 2.15. The second-order valence-electron chi connectivity index (χ2n) is 4.15. The van der Waals surface area contributed by atoms with Crippen LogP contribution in [0.25, 0.3) is 0 Å². The lowest BCUT2D eigenvalue weighted by Crippen LogP contribution is -2.18. The molecule has 1 atom stereocenters. The number of hydrogen-bond acceptors (Lipinski definition) is 1. The Balaban J connectivity index is 2.38. The van der Waals surface area contributed by atoms with Gasteiger partial charge in [0.1, 0.15) is 0 Å². The minimum absolute atomic E-state index is 0.825. The highest BCUT2D eigenvalue weighted by atomic mass is 15.1. The lowest BCUT2D eigenvalue weighted by Gasteiger charge is -2.18. The smallest absolute Gasteiger partial charge is 0.0396 e. The molecule has 0 bridgehead atoms. The van der Waals surface area contributed by atoms with Gasteiger partial charge >= 0.3 is 0 Å². The van der Waals surface area contributed by atoms with Crippen molar-refractivity contribution in [3.8, 4) is 0 Å². The predicted octanol–water partition coefficient (Wildman–Crippen LogP) is 2.71. The predicted molar refractivity (Wildman–Crippen MR) is 57.2 cm³/mol. The fraction of sp³-hybridized carbons (Fsp3) is 0.500. The largest absolute Gasteiger partial charge is 0.374 e. The molecule has 0 radical (unpaired) electrons. The Morgan fingerprint density at radius 1 is 1.31 bits per heavy atom. The van der Waals surface area contributed by atoms with Gasteiger partial charge in [0.25, 0.3) is 0 Å². The van der Waals surface area contributed by atoms with Gasteiger partial charge in [-0.2, -0.15) is 0 Å². The molecule has 1 aromatic rings. The van der Waals surface area contributed by atoms with Gasteiger partial charge in [-0.15, -0.1) is 0 Å². The summed E-state index contributed by atoms with van der Waals surface area (Å²) in [5.41, 5.74) is 2.93. The van der Waals surface area contributed by atoms with Crippen molar-refractivity contribution in [1.29, 1.82) is 0 Å². The van der Waals surface area contributed by atoms with Gasteiger partial charge in [-0.3, -0.25) is 0 Å². The van der Waals surface area contributed by atoms with E-state index in [4.69, 9.17) is 0 Å². The van der Waals surface area contributed by atoms with Crippen molar-refractivity contribution in [3.05, 3.63) is 29.8 Å². The summed E-state index contributed by atoms with van der Waals surface area (Å²) in [4.78, 5) is 2.37. The Morgan fingerprint density at radius 2 is 2.08 bits per heavy atom. The van der Waals surface area contributed by atoms with Gasteiger partial charge in [-0.1, -0.05) is 25.1 Å². The first-order valence-electron chi connectivity index (χ1n) is 5.06. The highest BCUT2D eigenvalue weighted by molar-refractivity contribution is 5.53. The summed E-state index contributed by atoms with van der Waals surface area (Å²) in [6.07, 6.45) is 2.55. The topological polar surface area (TPSA) is 3.24 Å². The third-order valence-electron chi connectivity index (χ3n) is 2.93. The first kappa shape index (κ1) is 8.61. The van der Waals surface area contributed by atoms with Crippen LogP contribution in [0.1, 0.15) is 18.9 Å². The summed E-state index contributed by atoms with van der Waals surface area (Å²) in [6.45, 7) is 3.54. The second-order valence-corrected chi connectivity index (χ2v) is 4.15. The van der Waals surface area contributed by atoms with Crippen LogP contribution in [0.2, 0.25) is 0 Å². The summed E-state index contributed by atoms with van der Waals surface area (Å²) in [7, 11) is 2.19. The summed E-state index contributed by atoms with van der Waals surface area (Å²) >= 11 is 0.